The van der Waals surface area contributed by atoms with Crippen LogP contribution >= 0.6 is 15.9 Å². The van der Waals surface area contributed by atoms with Crippen molar-refractivity contribution in [2.45, 2.75) is 23.8 Å². The molecule has 0 spiro atoms. The van der Waals surface area contributed by atoms with Crippen molar-refractivity contribution in [3.05, 3.63) is 59.0 Å². The molecule has 2 aromatic heterocycles. The number of sulfonamides is 1. The van der Waals surface area contributed by atoms with E-state index in [-0.39, 0.29) is 6.04 Å². The van der Waals surface area contributed by atoms with Gasteiger partial charge in [-0.1, -0.05) is 22.0 Å². The monoisotopic (exact) mass is 406 g/mol. The van der Waals surface area contributed by atoms with Crippen LogP contribution in [0, 0.1) is 0 Å². The number of hydrogen-bond donors (Lipinski definition) is 0. The van der Waals surface area contributed by atoms with Crippen molar-refractivity contribution in [3.63, 3.8) is 0 Å². The Morgan fingerprint density at radius 2 is 1.88 bits per heavy atom. The number of rotatable bonds is 3. The summed E-state index contributed by atoms with van der Waals surface area (Å²) in [5.74, 6) is 0.670. The fourth-order valence-corrected chi connectivity index (χ4v) is 5.03. The standard InChI is InChI=1S/C16H15BrN4O2S/c17-12-6-8-13(9-7-12)24(22,23)21-11-3-4-14(21)16-19-18-15-5-1-2-10-20(15)16/h1-2,5-10,14H,3-4,11H2/t14-/m1/s1. The molecule has 1 fully saturated rings. The van der Waals surface area contributed by atoms with E-state index in [0.29, 0.717) is 17.3 Å². The zero-order valence-corrected chi connectivity index (χ0v) is 15.1. The lowest BCUT2D eigenvalue weighted by Gasteiger charge is -2.23. The molecule has 0 amide bonds. The van der Waals surface area contributed by atoms with E-state index in [4.69, 9.17) is 0 Å². The van der Waals surface area contributed by atoms with Crippen molar-refractivity contribution in [1.29, 1.82) is 0 Å². The molecule has 1 atom stereocenters. The molecule has 0 bridgehead atoms. The van der Waals surface area contributed by atoms with E-state index in [9.17, 15) is 8.42 Å². The minimum atomic E-state index is -3.57. The predicted octanol–water partition coefficient (Wildman–Crippen LogP) is 3.02. The number of nitrogens with zero attached hydrogens (tertiary/aromatic N) is 4. The van der Waals surface area contributed by atoms with Crippen molar-refractivity contribution in [1.82, 2.24) is 18.9 Å². The summed E-state index contributed by atoms with van der Waals surface area (Å²) in [7, 11) is -3.57. The number of hydrogen-bond acceptors (Lipinski definition) is 4. The smallest absolute Gasteiger partial charge is 0.243 e. The van der Waals surface area contributed by atoms with Gasteiger partial charge in [0.15, 0.2) is 11.5 Å². The van der Waals surface area contributed by atoms with Crippen LogP contribution in [0.2, 0.25) is 0 Å². The van der Waals surface area contributed by atoms with Gasteiger partial charge in [-0.15, -0.1) is 10.2 Å². The normalized spacial score (nSPS) is 19.1. The lowest BCUT2D eigenvalue weighted by molar-refractivity contribution is 0.381. The molecule has 3 aromatic rings. The van der Waals surface area contributed by atoms with Crippen LogP contribution < -0.4 is 0 Å². The van der Waals surface area contributed by atoms with Crippen molar-refractivity contribution in [2.75, 3.05) is 6.54 Å². The summed E-state index contributed by atoms with van der Waals surface area (Å²) in [6.45, 7) is 0.491. The molecule has 0 N–H and O–H groups in total. The Labute approximate surface area is 148 Å². The van der Waals surface area contributed by atoms with Crippen molar-refractivity contribution >= 4 is 31.6 Å². The Hall–Kier alpha value is -1.77. The van der Waals surface area contributed by atoms with Gasteiger partial charge in [0, 0.05) is 17.2 Å². The average Bonchev–Trinajstić information content (AvgIpc) is 3.22. The van der Waals surface area contributed by atoms with Crippen LogP contribution in [0.5, 0.6) is 0 Å². The first-order chi connectivity index (χ1) is 11.6. The summed E-state index contributed by atoms with van der Waals surface area (Å²) in [4.78, 5) is 0.298. The number of halogens is 1. The first-order valence-corrected chi connectivity index (χ1v) is 9.88. The molecule has 1 aromatic carbocycles. The van der Waals surface area contributed by atoms with Gasteiger partial charge < -0.3 is 0 Å². The highest BCUT2D eigenvalue weighted by Gasteiger charge is 2.38. The Morgan fingerprint density at radius 1 is 1.08 bits per heavy atom. The highest BCUT2D eigenvalue weighted by Crippen LogP contribution is 2.36. The number of fused-ring (bicyclic) bond motifs is 1. The van der Waals surface area contributed by atoms with E-state index in [2.05, 4.69) is 26.1 Å². The second kappa shape index (κ2) is 5.94. The van der Waals surface area contributed by atoms with E-state index < -0.39 is 10.0 Å². The van der Waals surface area contributed by atoms with Gasteiger partial charge in [-0.3, -0.25) is 4.40 Å². The minimum Gasteiger partial charge on any atom is -0.285 e. The second-order valence-electron chi connectivity index (χ2n) is 5.71. The highest BCUT2D eigenvalue weighted by atomic mass is 79.9. The van der Waals surface area contributed by atoms with E-state index in [1.807, 2.05) is 28.8 Å². The maximum absolute atomic E-state index is 13.0. The van der Waals surface area contributed by atoms with E-state index in [0.717, 1.165) is 23.0 Å². The molecule has 124 valence electrons. The SMILES string of the molecule is O=S(=O)(c1ccc(Br)cc1)N1CCC[C@@H]1c1nnc2ccccn12. The second-order valence-corrected chi connectivity index (χ2v) is 8.52. The van der Waals surface area contributed by atoms with Gasteiger partial charge in [-0.05, 0) is 49.2 Å². The van der Waals surface area contributed by atoms with E-state index in [1.54, 1.807) is 28.6 Å². The van der Waals surface area contributed by atoms with Crippen LogP contribution in [0.3, 0.4) is 0 Å². The Kier molecular flexibility index (Phi) is 3.90. The summed E-state index contributed by atoms with van der Waals surface area (Å²) in [5, 5.41) is 8.40. The van der Waals surface area contributed by atoms with Crippen LogP contribution in [0.4, 0.5) is 0 Å². The molecule has 24 heavy (non-hydrogen) atoms. The summed E-state index contributed by atoms with van der Waals surface area (Å²) in [6, 6.07) is 12.1. The molecular formula is C16H15BrN4O2S. The van der Waals surface area contributed by atoms with Gasteiger partial charge in [0.2, 0.25) is 10.0 Å². The molecule has 1 aliphatic heterocycles. The number of pyridine rings is 1. The van der Waals surface area contributed by atoms with Gasteiger partial charge in [-0.25, -0.2) is 8.42 Å². The third kappa shape index (κ3) is 2.54. The largest absolute Gasteiger partial charge is 0.285 e. The topological polar surface area (TPSA) is 67.6 Å². The third-order valence-electron chi connectivity index (χ3n) is 4.26. The van der Waals surface area contributed by atoms with Crippen LogP contribution in [0.25, 0.3) is 5.65 Å². The van der Waals surface area contributed by atoms with Crippen LogP contribution in [0.1, 0.15) is 24.7 Å². The molecule has 3 heterocycles. The molecule has 0 radical (unpaired) electrons. The van der Waals surface area contributed by atoms with Gasteiger partial charge in [0.1, 0.15) is 0 Å². The fraction of sp³-hybridized carbons (Fsp3) is 0.250. The third-order valence-corrected chi connectivity index (χ3v) is 6.71. The summed E-state index contributed by atoms with van der Waals surface area (Å²) in [6.07, 6.45) is 3.42. The van der Waals surface area contributed by atoms with Crippen molar-refractivity contribution < 1.29 is 8.42 Å². The van der Waals surface area contributed by atoms with Gasteiger partial charge in [-0.2, -0.15) is 4.31 Å². The van der Waals surface area contributed by atoms with Crippen molar-refractivity contribution in [2.24, 2.45) is 0 Å². The number of benzene rings is 1. The molecule has 0 saturated carbocycles. The van der Waals surface area contributed by atoms with Gasteiger partial charge in [0.05, 0.1) is 10.9 Å². The van der Waals surface area contributed by atoms with E-state index in [1.165, 1.54) is 0 Å². The quantitative estimate of drug-likeness (QED) is 0.670. The van der Waals surface area contributed by atoms with Gasteiger partial charge >= 0.3 is 0 Å². The molecule has 1 saturated heterocycles. The molecule has 0 unspecified atom stereocenters. The van der Waals surface area contributed by atoms with Crippen LogP contribution in [-0.4, -0.2) is 33.9 Å². The molecular weight excluding hydrogens is 392 g/mol. The zero-order valence-electron chi connectivity index (χ0n) is 12.7. The van der Waals surface area contributed by atoms with E-state index >= 15 is 0 Å². The predicted molar refractivity (Wildman–Crippen MR) is 93.0 cm³/mol. The maximum atomic E-state index is 13.0. The fourth-order valence-electron chi connectivity index (χ4n) is 3.11. The Balaban J connectivity index is 1.76. The summed E-state index contributed by atoms with van der Waals surface area (Å²) in [5.41, 5.74) is 0.723. The Bertz CT molecular complexity index is 985. The first kappa shape index (κ1) is 15.7. The van der Waals surface area contributed by atoms with Gasteiger partial charge in [0.25, 0.3) is 0 Å². The van der Waals surface area contributed by atoms with Crippen LogP contribution in [-0.2, 0) is 10.0 Å². The molecule has 6 nitrogen and oxygen atoms in total. The summed E-state index contributed by atoms with van der Waals surface area (Å²) >= 11 is 3.34. The zero-order chi connectivity index (χ0) is 16.7. The molecule has 8 heteroatoms. The average molecular weight is 407 g/mol. The number of aromatic nitrogens is 3. The van der Waals surface area contributed by atoms with Crippen molar-refractivity contribution in [3.8, 4) is 0 Å². The Morgan fingerprint density at radius 3 is 2.67 bits per heavy atom. The maximum Gasteiger partial charge on any atom is 0.243 e. The first-order valence-electron chi connectivity index (χ1n) is 7.64. The highest BCUT2D eigenvalue weighted by molar-refractivity contribution is 9.10. The lowest BCUT2D eigenvalue weighted by atomic mass is 10.2. The lowest BCUT2D eigenvalue weighted by Crippen LogP contribution is -2.31. The minimum absolute atomic E-state index is 0.295. The molecule has 1 aliphatic rings. The van der Waals surface area contributed by atoms with Crippen LogP contribution in [0.15, 0.2) is 58.0 Å². The summed E-state index contributed by atoms with van der Waals surface area (Å²) < 4.78 is 30.3. The molecule has 0 aliphatic carbocycles. The molecule has 4 rings (SSSR count).